The molecule has 6 heteroatoms. The summed E-state index contributed by atoms with van der Waals surface area (Å²) in [7, 11) is 0. The molecule has 1 aliphatic heterocycles. The maximum absolute atomic E-state index is 12.5. The van der Waals surface area contributed by atoms with Gasteiger partial charge in [-0.3, -0.25) is 9.89 Å². The summed E-state index contributed by atoms with van der Waals surface area (Å²) in [6.45, 7) is 4.51. The molecule has 6 nitrogen and oxygen atoms in total. The van der Waals surface area contributed by atoms with Crippen LogP contribution in [0, 0.1) is 11.8 Å². The second-order valence-corrected chi connectivity index (χ2v) is 12.7. The Morgan fingerprint density at radius 2 is 2.08 bits per heavy atom. The van der Waals surface area contributed by atoms with Gasteiger partial charge in [0.2, 0.25) is 5.91 Å². The van der Waals surface area contributed by atoms with Gasteiger partial charge in [0.05, 0.1) is 11.8 Å². The Morgan fingerprint density at radius 1 is 1.18 bits per heavy atom. The van der Waals surface area contributed by atoms with Crippen LogP contribution in [0.5, 0.6) is 5.75 Å². The van der Waals surface area contributed by atoms with Gasteiger partial charge in [-0.15, -0.1) is 0 Å². The zero-order chi connectivity index (χ0) is 27.1. The van der Waals surface area contributed by atoms with E-state index < -0.39 is 0 Å². The molecule has 1 aromatic heterocycles. The number of ether oxygens (including phenoxy) is 2. The van der Waals surface area contributed by atoms with Crippen molar-refractivity contribution in [3.8, 4) is 5.75 Å². The molecule has 3 aromatic rings. The van der Waals surface area contributed by atoms with Crippen molar-refractivity contribution in [3.05, 3.63) is 82.2 Å². The number of benzene rings is 2. The molecule has 40 heavy (non-hydrogen) atoms. The van der Waals surface area contributed by atoms with Crippen molar-refractivity contribution in [1.82, 2.24) is 15.5 Å². The normalized spacial score (nSPS) is 28.3. The van der Waals surface area contributed by atoms with Crippen molar-refractivity contribution in [2.45, 2.75) is 88.8 Å². The number of hydrogen-bond donors (Lipinski definition) is 2. The fraction of sp³-hybridized carbons (Fsp3) is 0.529. The quantitative estimate of drug-likeness (QED) is 0.380. The minimum Gasteiger partial charge on any atom is -0.489 e. The van der Waals surface area contributed by atoms with Crippen LogP contribution in [0.1, 0.15) is 85.0 Å². The Bertz CT molecular complexity index is 1360. The highest BCUT2D eigenvalue weighted by Crippen LogP contribution is 2.60. The number of carbonyl (C=O) groups excluding carboxylic acids is 1. The predicted octanol–water partition coefficient (Wildman–Crippen LogP) is 5.79. The molecular formula is C34H41N3O3. The Morgan fingerprint density at radius 3 is 2.92 bits per heavy atom. The van der Waals surface area contributed by atoms with Gasteiger partial charge >= 0.3 is 0 Å². The lowest BCUT2D eigenvalue weighted by molar-refractivity contribution is -0.121. The molecule has 2 fully saturated rings. The second-order valence-electron chi connectivity index (χ2n) is 12.7. The van der Waals surface area contributed by atoms with Crippen LogP contribution in [-0.2, 0) is 40.8 Å². The minimum absolute atomic E-state index is 0.108. The van der Waals surface area contributed by atoms with E-state index in [-0.39, 0.29) is 17.4 Å². The maximum atomic E-state index is 12.5. The molecule has 1 amide bonds. The van der Waals surface area contributed by atoms with Gasteiger partial charge in [-0.2, -0.15) is 5.10 Å². The summed E-state index contributed by atoms with van der Waals surface area (Å²) in [5.41, 5.74) is 8.19. The van der Waals surface area contributed by atoms with E-state index in [1.165, 1.54) is 47.3 Å². The summed E-state index contributed by atoms with van der Waals surface area (Å²) in [5, 5.41) is 11.3. The van der Waals surface area contributed by atoms with Gasteiger partial charge < -0.3 is 14.8 Å². The molecule has 7 rings (SSSR count). The first-order valence-electron chi connectivity index (χ1n) is 15.3. The summed E-state index contributed by atoms with van der Waals surface area (Å²) >= 11 is 0. The Kier molecular flexibility index (Phi) is 6.91. The summed E-state index contributed by atoms with van der Waals surface area (Å²) < 4.78 is 11.8. The molecule has 1 saturated heterocycles. The maximum Gasteiger partial charge on any atom is 0.220 e. The molecule has 2 aromatic carbocycles. The van der Waals surface area contributed by atoms with E-state index in [0.29, 0.717) is 37.3 Å². The van der Waals surface area contributed by atoms with Gasteiger partial charge in [-0.25, -0.2) is 0 Å². The fourth-order valence-electron chi connectivity index (χ4n) is 8.26. The summed E-state index contributed by atoms with van der Waals surface area (Å²) in [6.07, 6.45) is 9.37. The van der Waals surface area contributed by atoms with E-state index >= 15 is 0 Å². The fourth-order valence-corrected chi connectivity index (χ4v) is 8.26. The van der Waals surface area contributed by atoms with Crippen molar-refractivity contribution in [2.24, 2.45) is 11.8 Å². The molecule has 5 atom stereocenters. The Hall–Kier alpha value is -3.12. The van der Waals surface area contributed by atoms with Crippen LogP contribution in [-0.4, -0.2) is 35.4 Å². The van der Waals surface area contributed by atoms with E-state index in [9.17, 15) is 4.79 Å². The SMILES string of the molecule is C[C@]12CCC3c4ccc(OCc5ccccc5)cc4CCC3C1Cc1c2n[nH]c1CCC(=O)NCC1CCCO1. The highest BCUT2D eigenvalue weighted by Gasteiger charge is 2.54. The van der Waals surface area contributed by atoms with Gasteiger partial charge in [0.1, 0.15) is 12.4 Å². The van der Waals surface area contributed by atoms with Crippen LogP contribution in [0.25, 0.3) is 0 Å². The molecule has 0 spiro atoms. The summed E-state index contributed by atoms with van der Waals surface area (Å²) in [5.74, 6) is 3.00. The zero-order valence-corrected chi connectivity index (χ0v) is 23.6. The monoisotopic (exact) mass is 539 g/mol. The minimum atomic E-state index is 0.108. The number of aromatic nitrogens is 2. The third kappa shape index (κ3) is 4.74. The molecule has 4 unspecified atom stereocenters. The summed E-state index contributed by atoms with van der Waals surface area (Å²) in [6, 6.07) is 17.2. The first-order valence-corrected chi connectivity index (χ1v) is 15.3. The van der Waals surface area contributed by atoms with Crippen molar-refractivity contribution in [3.63, 3.8) is 0 Å². The van der Waals surface area contributed by atoms with E-state index in [1.807, 2.05) is 6.07 Å². The Balaban J connectivity index is 1.01. The third-order valence-corrected chi connectivity index (χ3v) is 10.4. The first-order chi connectivity index (χ1) is 19.6. The molecule has 1 saturated carbocycles. The summed E-state index contributed by atoms with van der Waals surface area (Å²) in [4.78, 5) is 12.5. The molecule has 210 valence electrons. The van der Waals surface area contributed by atoms with Gasteiger partial charge in [0, 0.05) is 30.7 Å². The highest BCUT2D eigenvalue weighted by molar-refractivity contribution is 5.76. The number of hydrogen-bond acceptors (Lipinski definition) is 4. The highest BCUT2D eigenvalue weighted by atomic mass is 16.5. The number of aryl methyl sites for hydroxylation is 2. The van der Waals surface area contributed by atoms with Crippen LogP contribution < -0.4 is 10.1 Å². The average molecular weight is 540 g/mol. The second kappa shape index (κ2) is 10.7. The topological polar surface area (TPSA) is 76.2 Å². The van der Waals surface area contributed by atoms with E-state index in [1.54, 1.807) is 5.56 Å². The standard InChI is InChI=1S/C34H41N3O3/c1-34-16-15-27-26-12-10-24(40-21-22-6-3-2-4-7-22)18-23(26)9-11-28(27)30(34)19-29-31(36-37-33(29)34)13-14-32(38)35-20-25-8-5-17-39-25/h2-4,6-7,10,12,18,25,27-28,30H,5,8-9,11,13-17,19-21H2,1H3,(H,35,38)(H,36,37)/t25?,27?,28?,30?,34-/m0/s1. The van der Waals surface area contributed by atoms with Crippen molar-refractivity contribution >= 4 is 5.91 Å². The van der Waals surface area contributed by atoms with Crippen LogP contribution >= 0.6 is 0 Å². The predicted molar refractivity (Wildman–Crippen MR) is 154 cm³/mol. The van der Waals surface area contributed by atoms with E-state index in [0.717, 1.165) is 44.5 Å². The largest absolute Gasteiger partial charge is 0.489 e. The number of H-pyrrole nitrogens is 1. The number of amides is 1. The van der Waals surface area contributed by atoms with Gasteiger partial charge in [0.25, 0.3) is 0 Å². The van der Waals surface area contributed by atoms with Crippen molar-refractivity contribution in [2.75, 3.05) is 13.2 Å². The van der Waals surface area contributed by atoms with Crippen LogP contribution in [0.15, 0.2) is 48.5 Å². The third-order valence-electron chi connectivity index (χ3n) is 10.4. The first kappa shape index (κ1) is 25.8. The van der Waals surface area contributed by atoms with Crippen molar-refractivity contribution in [1.29, 1.82) is 0 Å². The lowest BCUT2D eigenvalue weighted by Crippen LogP contribution is -2.43. The number of carbonyl (C=O) groups is 1. The van der Waals surface area contributed by atoms with Gasteiger partial charge in [-0.05, 0) is 104 Å². The molecule has 4 aliphatic rings. The number of rotatable bonds is 8. The zero-order valence-electron chi connectivity index (χ0n) is 23.6. The smallest absolute Gasteiger partial charge is 0.220 e. The molecule has 0 bridgehead atoms. The number of aromatic amines is 1. The van der Waals surface area contributed by atoms with Gasteiger partial charge in [0.15, 0.2) is 0 Å². The number of nitrogens with one attached hydrogen (secondary N) is 2. The van der Waals surface area contributed by atoms with Crippen LogP contribution in [0.2, 0.25) is 0 Å². The molecular weight excluding hydrogens is 498 g/mol. The molecule has 0 radical (unpaired) electrons. The lowest BCUT2D eigenvalue weighted by atomic mass is 9.55. The van der Waals surface area contributed by atoms with Crippen LogP contribution in [0.3, 0.4) is 0 Å². The number of nitrogens with zero attached hydrogens (tertiary/aromatic N) is 1. The average Bonchev–Trinajstić information content (AvgIpc) is 3.72. The van der Waals surface area contributed by atoms with Gasteiger partial charge in [-0.1, -0.05) is 43.3 Å². The van der Waals surface area contributed by atoms with Crippen LogP contribution in [0.4, 0.5) is 0 Å². The van der Waals surface area contributed by atoms with E-state index in [4.69, 9.17) is 14.6 Å². The number of fused-ring (bicyclic) bond motifs is 7. The molecule has 2 N–H and O–H groups in total. The lowest BCUT2D eigenvalue weighted by Gasteiger charge is -2.49. The van der Waals surface area contributed by atoms with E-state index in [2.05, 4.69) is 59.8 Å². The molecule has 2 heterocycles. The van der Waals surface area contributed by atoms with Crippen molar-refractivity contribution < 1.29 is 14.3 Å². The molecule has 3 aliphatic carbocycles. The Labute approximate surface area is 237 Å².